The first-order valence-electron chi connectivity index (χ1n) is 8.42. The van der Waals surface area contributed by atoms with Crippen LogP contribution in [-0.2, 0) is 4.79 Å². The average Bonchev–Trinajstić information content (AvgIpc) is 2.74. The molecule has 3 rings (SSSR count). The van der Waals surface area contributed by atoms with Crippen molar-refractivity contribution in [2.75, 3.05) is 6.61 Å². The van der Waals surface area contributed by atoms with Crippen LogP contribution in [0.5, 0.6) is 11.5 Å². The number of ether oxygens (including phenoxy) is 1. The van der Waals surface area contributed by atoms with Gasteiger partial charge in [0.15, 0.2) is 6.61 Å². The van der Waals surface area contributed by atoms with Crippen molar-refractivity contribution >= 4 is 59.9 Å². The normalized spacial score (nSPS) is 10.9. The van der Waals surface area contributed by atoms with E-state index in [0.717, 1.165) is 11.1 Å². The van der Waals surface area contributed by atoms with Crippen LogP contribution in [0.25, 0.3) is 11.1 Å². The van der Waals surface area contributed by atoms with Crippen LogP contribution in [0.4, 0.5) is 0 Å². The summed E-state index contributed by atoms with van der Waals surface area (Å²) in [6, 6.07) is 19.2. The molecule has 0 unspecified atom stereocenters. The monoisotopic (exact) mass is 580 g/mol. The van der Waals surface area contributed by atoms with Crippen LogP contribution in [-0.4, -0.2) is 23.8 Å². The van der Waals surface area contributed by atoms with Gasteiger partial charge >= 0.3 is 0 Å². The number of hydrogen-bond donors (Lipinski definition) is 2. The highest BCUT2D eigenvalue weighted by Gasteiger charge is 2.12. The maximum atomic E-state index is 12.0. The number of hydrazone groups is 1. The standard InChI is InChI=1S/C21H15Br3N2O3/c22-17-10-18(23)21(28)20(24)16(17)11-25-26-19(27)12-29-15-8-6-14(7-9-15)13-4-2-1-3-5-13/h1-11,28H,12H2,(H,26,27)/b25-11+. The van der Waals surface area contributed by atoms with E-state index in [1.807, 2.05) is 54.6 Å². The fraction of sp³-hybridized carbons (Fsp3) is 0.0476. The van der Waals surface area contributed by atoms with E-state index < -0.39 is 5.91 Å². The molecule has 148 valence electrons. The minimum atomic E-state index is -0.401. The maximum absolute atomic E-state index is 12.0. The summed E-state index contributed by atoms with van der Waals surface area (Å²) in [7, 11) is 0. The lowest BCUT2D eigenvalue weighted by Gasteiger charge is -2.08. The zero-order chi connectivity index (χ0) is 20.8. The summed E-state index contributed by atoms with van der Waals surface area (Å²) in [6.07, 6.45) is 1.42. The van der Waals surface area contributed by atoms with Gasteiger partial charge in [0.05, 0.1) is 15.2 Å². The number of hydrogen-bond acceptors (Lipinski definition) is 4. The van der Waals surface area contributed by atoms with Crippen LogP contribution in [0.1, 0.15) is 5.56 Å². The Balaban J connectivity index is 1.54. The molecule has 1 amide bonds. The molecule has 0 aliphatic heterocycles. The second-order valence-corrected chi connectivity index (χ2v) is 8.39. The lowest BCUT2D eigenvalue weighted by atomic mass is 10.1. The van der Waals surface area contributed by atoms with E-state index in [1.54, 1.807) is 6.07 Å². The lowest BCUT2D eigenvalue weighted by Crippen LogP contribution is -2.24. The molecule has 0 spiro atoms. The van der Waals surface area contributed by atoms with Gasteiger partial charge in [-0.3, -0.25) is 4.79 Å². The molecule has 0 radical (unpaired) electrons. The number of carbonyl (C=O) groups excluding carboxylic acids is 1. The minimum absolute atomic E-state index is 0.0447. The van der Waals surface area contributed by atoms with Crippen molar-refractivity contribution in [3.05, 3.63) is 79.6 Å². The average molecular weight is 583 g/mol. The van der Waals surface area contributed by atoms with Crippen molar-refractivity contribution in [3.8, 4) is 22.6 Å². The van der Waals surface area contributed by atoms with Gasteiger partial charge in [0.2, 0.25) is 0 Å². The number of nitrogens with zero attached hydrogens (tertiary/aromatic N) is 1. The number of halogens is 3. The van der Waals surface area contributed by atoms with Crippen molar-refractivity contribution in [2.24, 2.45) is 5.10 Å². The first-order valence-corrected chi connectivity index (χ1v) is 10.8. The Labute approximate surface area is 193 Å². The molecule has 0 bridgehead atoms. The van der Waals surface area contributed by atoms with E-state index >= 15 is 0 Å². The summed E-state index contributed by atoms with van der Waals surface area (Å²) in [6.45, 7) is -0.171. The maximum Gasteiger partial charge on any atom is 0.277 e. The largest absolute Gasteiger partial charge is 0.506 e. The SMILES string of the molecule is O=C(COc1ccc(-c2ccccc2)cc1)N/N=C/c1c(Br)cc(Br)c(O)c1Br. The quantitative estimate of drug-likeness (QED) is 0.282. The molecule has 0 saturated carbocycles. The van der Waals surface area contributed by atoms with E-state index in [2.05, 4.69) is 58.3 Å². The highest BCUT2D eigenvalue weighted by Crippen LogP contribution is 2.38. The second kappa shape index (κ2) is 10.0. The van der Waals surface area contributed by atoms with E-state index in [4.69, 9.17) is 4.74 Å². The Morgan fingerprint density at radius 1 is 1.00 bits per heavy atom. The lowest BCUT2D eigenvalue weighted by molar-refractivity contribution is -0.123. The molecule has 3 aromatic rings. The highest BCUT2D eigenvalue weighted by atomic mass is 79.9. The Bertz CT molecular complexity index is 1040. The third kappa shape index (κ3) is 5.68. The molecular weight excluding hydrogens is 568 g/mol. The van der Waals surface area contributed by atoms with Crippen molar-refractivity contribution in [1.29, 1.82) is 0 Å². The summed E-state index contributed by atoms with van der Waals surface area (Å²) in [5, 5.41) is 13.8. The van der Waals surface area contributed by atoms with E-state index in [9.17, 15) is 9.90 Å². The van der Waals surface area contributed by atoms with Gasteiger partial charge in [0.1, 0.15) is 11.5 Å². The molecule has 5 nitrogen and oxygen atoms in total. The summed E-state index contributed by atoms with van der Waals surface area (Å²) in [4.78, 5) is 12.0. The molecule has 2 N–H and O–H groups in total. The molecule has 0 fully saturated rings. The van der Waals surface area contributed by atoms with Crippen LogP contribution in [0.3, 0.4) is 0 Å². The summed E-state index contributed by atoms with van der Waals surface area (Å²) >= 11 is 9.92. The van der Waals surface area contributed by atoms with Crippen LogP contribution < -0.4 is 10.2 Å². The van der Waals surface area contributed by atoms with Gasteiger partial charge in [-0.1, -0.05) is 58.4 Å². The minimum Gasteiger partial charge on any atom is -0.506 e. The molecule has 0 aliphatic carbocycles. The number of rotatable bonds is 6. The van der Waals surface area contributed by atoms with Crippen LogP contribution in [0.2, 0.25) is 0 Å². The van der Waals surface area contributed by atoms with Crippen LogP contribution >= 0.6 is 47.8 Å². The topological polar surface area (TPSA) is 70.9 Å². The fourth-order valence-corrected chi connectivity index (χ4v) is 4.76. The molecule has 3 aromatic carbocycles. The Morgan fingerprint density at radius 2 is 1.66 bits per heavy atom. The molecule has 0 saturated heterocycles. The third-order valence-corrected chi connectivity index (χ3v) is 5.96. The number of phenols is 1. The van der Waals surface area contributed by atoms with E-state index in [-0.39, 0.29) is 12.4 Å². The van der Waals surface area contributed by atoms with Gasteiger partial charge < -0.3 is 9.84 Å². The Hall–Kier alpha value is -2.16. The van der Waals surface area contributed by atoms with Crippen LogP contribution in [0.15, 0.2) is 79.2 Å². The van der Waals surface area contributed by atoms with Gasteiger partial charge in [-0.25, -0.2) is 5.43 Å². The zero-order valence-corrected chi connectivity index (χ0v) is 19.7. The number of amides is 1. The van der Waals surface area contributed by atoms with Gasteiger partial charge in [-0.05, 0) is 61.2 Å². The molecule has 0 aromatic heterocycles. The molecule has 0 heterocycles. The van der Waals surface area contributed by atoms with Crippen molar-refractivity contribution < 1.29 is 14.6 Å². The number of aromatic hydroxyl groups is 1. The summed E-state index contributed by atoms with van der Waals surface area (Å²) < 4.78 is 7.17. The number of benzene rings is 3. The first kappa shape index (κ1) is 21.5. The third-order valence-electron chi connectivity index (χ3n) is 3.90. The highest BCUT2D eigenvalue weighted by molar-refractivity contribution is 9.11. The summed E-state index contributed by atoms with van der Waals surface area (Å²) in [5.74, 6) is 0.234. The smallest absolute Gasteiger partial charge is 0.277 e. The van der Waals surface area contributed by atoms with Gasteiger partial charge in [0, 0.05) is 10.0 Å². The van der Waals surface area contributed by atoms with E-state index in [0.29, 0.717) is 24.7 Å². The second-order valence-electron chi connectivity index (χ2n) is 5.89. The molecule has 0 aliphatic rings. The molecule has 29 heavy (non-hydrogen) atoms. The zero-order valence-electron chi connectivity index (χ0n) is 14.9. The van der Waals surface area contributed by atoms with Crippen molar-refractivity contribution in [2.45, 2.75) is 0 Å². The molecular formula is C21H15Br3N2O3. The molecule has 8 heteroatoms. The number of nitrogens with one attached hydrogen (secondary N) is 1. The van der Waals surface area contributed by atoms with Gasteiger partial charge in [0.25, 0.3) is 5.91 Å². The number of carbonyl (C=O) groups is 1. The van der Waals surface area contributed by atoms with Gasteiger partial charge in [-0.15, -0.1) is 0 Å². The Morgan fingerprint density at radius 3 is 2.34 bits per heavy atom. The predicted octanol–water partition coefficient (Wildman–Crippen LogP) is 5.88. The number of phenolic OH excluding ortho intramolecular Hbond substituents is 1. The Kier molecular flexibility index (Phi) is 7.46. The van der Waals surface area contributed by atoms with Crippen molar-refractivity contribution in [3.63, 3.8) is 0 Å². The first-order chi connectivity index (χ1) is 14.0. The molecule has 0 atom stereocenters. The van der Waals surface area contributed by atoms with E-state index in [1.165, 1.54) is 6.21 Å². The van der Waals surface area contributed by atoms with Gasteiger partial charge in [-0.2, -0.15) is 5.10 Å². The van der Waals surface area contributed by atoms with Crippen LogP contribution in [0, 0.1) is 0 Å². The fourth-order valence-electron chi connectivity index (χ4n) is 2.44. The van der Waals surface area contributed by atoms with Crippen molar-refractivity contribution in [1.82, 2.24) is 5.43 Å². The summed E-state index contributed by atoms with van der Waals surface area (Å²) in [5.41, 5.74) is 5.17. The predicted molar refractivity (Wildman–Crippen MR) is 124 cm³/mol.